The second kappa shape index (κ2) is 5.81. The van der Waals surface area contributed by atoms with Crippen LogP contribution in [0.4, 0.5) is 0 Å². The summed E-state index contributed by atoms with van der Waals surface area (Å²) in [4.78, 5) is 15.6. The summed E-state index contributed by atoms with van der Waals surface area (Å²) in [5, 5.41) is 0. The first-order chi connectivity index (χ1) is 7.66. The number of ketones is 1. The molecule has 0 atom stereocenters. The summed E-state index contributed by atoms with van der Waals surface area (Å²) in [6, 6.07) is 3.52. The van der Waals surface area contributed by atoms with Gasteiger partial charge in [0.25, 0.3) is 0 Å². The molecule has 1 aromatic heterocycles. The fourth-order valence-electron chi connectivity index (χ4n) is 1.31. The van der Waals surface area contributed by atoms with Gasteiger partial charge in [0.15, 0.2) is 5.78 Å². The van der Waals surface area contributed by atoms with Gasteiger partial charge in [-0.1, -0.05) is 30.9 Å². The van der Waals surface area contributed by atoms with Gasteiger partial charge in [-0.25, -0.2) is 0 Å². The highest BCUT2D eigenvalue weighted by Gasteiger charge is 2.08. The first-order valence-electron chi connectivity index (χ1n) is 5.11. The molecule has 0 saturated heterocycles. The van der Waals surface area contributed by atoms with Crippen LogP contribution in [0.1, 0.15) is 29.9 Å². The van der Waals surface area contributed by atoms with Gasteiger partial charge in [0, 0.05) is 11.8 Å². The van der Waals surface area contributed by atoms with Gasteiger partial charge in [0.05, 0.1) is 5.69 Å². The number of nitrogens with zero attached hydrogens (tertiary/aromatic N) is 1. The van der Waals surface area contributed by atoms with Gasteiger partial charge in [-0.15, -0.1) is 0 Å². The third-order valence-corrected chi connectivity index (χ3v) is 2.09. The molecular weight excluding hydrogens is 198 g/mol. The Hall–Kier alpha value is -1.96. The standard InChI is InChI=1S/C14H15NO/c1-4-5-6-8-11(2)14-13(12(3)16)9-7-10-15-14/h4-10H,2H2,1,3H3/b5-4-,8-6-. The molecule has 0 aliphatic heterocycles. The number of hydrogen-bond donors (Lipinski definition) is 0. The summed E-state index contributed by atoms with van der Waals surface area (Å²) in [6.45, 7) is 7.37. The van der Waals surface area contributed by atoms with Crippen molar-refractivity contribution in [2.75, 3.05) is 0 Å². The van der Waals surface area contributed by atoms with E-state index in [1.54, 1.807) is 18.3 Å². The van der Waals surface area contributed by atoms with Crippen molar-refractivity contribution in [2.24, 2.45) is 0 Å². The molecule has 1 aromatic rings. The molecule has 0 spiro atoms. The Morgan fingerprint density at radius 3 is 2.81 bits per heavy atom. The molecule has 2 nitrogen and oxygen atoms in total. The number of pyridine rings is 1. The fourth-order valence-corrected chi connectivity index (χ4v) is 1.31. The van der Waals surface area contributed by atoms with E-state index in [2.05, 4.69) is 11.6 Å². The lowest BCUT2D eigenvalue weighted by molar-refractivity contribution is 0.101. The van der Waals surface area contributed by atoms with E-state index in [1.807, 2.05) is 31.2 Å². The van der Waals surface area contributed by atoms with E-state index in [9.17, 15) is 4.79 Å². The first-order valence-corrected chi connectivity index (χ1v) is 5.11. The van der Waals surface area contributed by atoms with Crippen molar-refractivity contribution < 1.29 is 4.79 Å². The van der Waals surface area contributed by atoms with Crippen molar-refractivity contribution in [3.63, 3.8) is 0 Å². The molecule has 0 bridgehead atoms. The monoisotopic (exact) mass is 213 g/mol. The normalized spacial score (nSPS) is 11.1. The Morgan fingerprint density at radius 2 is 2.19 bits per heavy atom. The molecule has 1 rings (SSSR count). The Kier molecular flexibility index (Phi) is 4.40. The van der Waals surface area contributed by atoms with Crippen LogP contribution in [0.3, 0.4) is 0 Å². The minimum atomic E-state index is 0.00341. The Bertz CT molecular complexity index is 456. The number of aromatic nitrogens is 1. The second-order valence-electron chi connectivity index (χ2n) is 3.37. The highest BCUT2D eigenvalue weighted by atomic mass is 16.1. The molecule has 0 N–H and O–H groups in total. The van der Waals surface area contributed by atoms with Crippen LogP contribution < -0.4 is 0 Å². The summed E-state index contributed by atoms with van der Waals surface area (Å²) < 4.78 is 0. The number of Topliss-reactive ketones (excluding diaryl/α,β-unsaturated/α-hetero) is 1. The zero-order valence-electron chi connectivity index (χ0n) is 9.60. The summed E-state index contributed by atoms with van der Waals surface area (Å²) >= 11 is 0. The minimum absolute atomic E-state index is 0.00341. The smallest absolute Gasteiger partial charge is 0.161 e. The van der Waals surface area contributed by atoms with E-state index in [4.69, 9.17) is 0 Å². The molecule has 0 saturated carbocycles. The summed E-state index contributed by atoms with van der Waals surface area (Å²) in [5.41, 5.74) is 2.00. The lowest BCUT2D eigenvalue weighted by atomic mass is 10.0. The van der Waals surface area contributed by atoms with Gasteiger partial charge in [-0.05, 0) is 31.6 Å². The highest BCUT2D eigenvalue weighted by Crippen LogP contribution is 2.16. The van der Waals surface area contributed by atoms with E-state index < -0.39 is 0 Å². The van der Waals surface area contributed by atoms with Crippen LogP contribution in [-0.4, -0.2) is 10.8 Å². The predicted octanol–water partition coefficient (Wildman–Crippen LogP) is 3.43. The molecule has 1 heterocycles. The van der Waals surface area contributed by atoms with Crippen LogP contribution in [0.5, 0.6) is 0 Å². The van der Waals surface area contributed by atoms with E-state index in [1.165, 1.54) is 6.92 Å². The third kappa shape index (κ3) is 3.02. The molecule has 0 fully saturated rings. The summed E-state index contributed by atoms with van der Waals surface area (Å²) in [5.74, 6) is 0.00341. The maximum Gasteiger partial charge on any atom is 0.161 e. The Morgan fingerprint density at radius 1 is 1.44 bits per heavy atom. The lowest BCUT2D eigenvalue weighted by Crippen LogP contribution is -2.00. The molecule has 0 amide bonds. The quantitative estimate of drug-likeness (QED) is 0.566. The topological polar surface area (TPSA) is 30.0 Å². The van der Waals surface area contributed by atoms with Crippen molar-refractivity contribution in [3.8, 4) is 0 Å². The van der Waals surface area contributed by atoms with Gasteiger partial charge in [-0.3, -0.25) is 9.78 Å². The van der Waals surface area contributed by atoms with Gasteiger partial charge in [-0.2, -0.15) is 0 Å². The SMILES string of the molecule is C=C(/C=C\C=C/C)c1ncccc1C(C)=O. The number of allylic oxidation sites excluding steroid dienone is 5. The van der Waals surface area contributed by atoms with Gasteiger partial charge in [0.1, 0.15) is 0 Å². The van der Waals surface area contributed by atoms with Gasteiger partial charge < -0.3 is 0 Å². The van der Waals surface area contributed by atoms with Crippen molar-refractivity contribution >= 4 is 11.4 Å². The maximum absolute atomic E-state index is 11.4. The zero-order valence-corrected chi connectivity index (χ0v) is 9.60. The van der Waals surface area contributed by atoms with E-state index in [-0.39, 0.29) is 5.78 Å². The number of carbonyl (C=O) groups is 1. The van der Waals surface area contributed by atoms with Crippen LogP contribution in [0, 0.1) is 0 Å². The van der Waals surface area contributed by atoms with Crippen LogP contribution in [0.15, 0.2) is 49.2 Å². The van der Waals surface area contributed by atoms with Crippen molar-refractivity contribution in [1.82, 2.24) is 4.98 Å². The molecule has 0 aromatic carbocycles. The summed E-state index contributed by atoms with van der Waals surface area (Å²) in [7, 11) is 0. The molecule has 82 valence electrons. The Labute approximate surface area is 96.0 Å². The zero-order chi connectivity index (χ0) is 12.0. The van der Waals surface area contributed by atoms with Crippen LogP contribution >= 0.6 is 0 Å². The largest absolute Gasteiger partial charge is 0.294 e. The average molecular weight is 213 g/mol. The van der Waals surface area contributed by atoms with E-state index >= 15 is 0 Å². The molecular formula is C14H15NO. The van der Waals surface area contributed by atoms with E-state index in [0.717, 1.165) is 5.57 Å². The first kappa shape index (κ1) is 12.1. The summed E-state index contributed by atoms with van der Waals surface area (Å²) in [6.07, 6.45) is 9.21. The molecule has 0 radical (unpaired) electrons. The molecule has 0 aliphatic rings. The van der Waals surface area contributed by atoms with E-state index in [0.29, 0.717) is 11.3 Å². The van der Waals surface area contributed by atoms with Gasteiger partial charge >= 0.3 is 0 Å². The van der Waals surface area contributed by atoms with Crippen molar-refractivity contribution in [1.29, 1.82) is 0 Å². The predicted molar refractivity (Wildman–Crippen MR) is 67.2 cm³/mol. The molecule has 0 aliphatic carbocycles. The van der Waals surface area contributed by atoms with Gasteiger partial charge in [0.2, 0.25) is 0 Å². The van der Waals surface area contributed by atoms with Crippen molar-refractivity contribution in [2.45, 2.75) is 13.8 Å². The fraction of sp³-hybridized carbons (Fsp3) is 0.143. The molecule has 16 heavy (non-hydrogen) atoms. The van der Waals surface area contributed by atoms with Crippen molar-refractivity contribution in [3.05, 3.63) is 60.5 Å². The molecule has 2 heteroatoms. The van der Waals surface area contributed by atoms with Crippen LogP contribution in [0.2, 0.25) is 0 Å². The number of rotatable bonds is 4. The maximum atomic E-state index is 11.4. The highest BCUT2D eigenvalue weighted by molar-refractivity contribution is 5.99. The third-order valence-electron chi connectivity index (χ3n) is 2.09. The second-order valence-corrected chi connectivity index (χ2v) is 3.37. The Balaban J connectivity index is 3.04. The average Bonchev–Trinajstić information content (AvgIpc) is 2.29. The lowest BCUT2D eigenvalue weighted by Gasteiger charge is -2.04. The number of hydrogen-bond acceptors (Lipinski definition) is 2. The van der Waals surface area contributed by atoms with Crippen LogP contribution in [0.25, 0.3) is 5.57 Å². The minimum Gasteiger partial charge on any atom is -0.294 e. The van der Waals surface area contributed by atoms with Crippen LogP contribution in [-0.2, 0) is 0 Å². The number of carbonyl (C=O) groups excluding carboxylic acids is 1. The molecule has 0 unspecified atom stereocenters.